The number of nitrogens with one attached hydrogen (secondary N) is 1. The third-order valence-corrected chi connectivity index (χ3v) is 6.83. The lowest BCUT2D eigenvalue weighted by Gasteiger charge is -2.34. The normalized spacial score (nSPS) is 17.5. The van der Waals surface area contributed by atoms with Crippen LogP contribution in [0, 0.1) is 0 Å². The van der Waals surface area contributed by atoms with Gasteiger partial charge in [0.1, 0.15) is 5.82 Å². The second-order valence-corrected chi connectivity index (χ2v) is 9.19. The summed E-state index contributed by atoms with van der Waals surface area (Å²) in [6, 6.07) is 5.64. The number of carbonyl (C=O) groups is 2. The third-order valence-electron chi connectivity index (χ3n) is 6.83. The number of carboxylic acid groups (broad SMARTS) is 1. The van der Waals surface area contributed by atoms with Gasteiger partial charge in [-0.2, -0.15) is 0 Å². The number of fused-ring (bicyclic) bond motifs is 1. The van der Waals surface area contributed by atoms with Crippen LogP contribution in [0.2, 0.25) is 0 Å². The standard InChI is InChI=1S/C24H28N8O4/c1-29-9-10-32(23(29)34)18-3-2-7-30(14-18)19-12-26-20(21(25)33)22(28-19)27-17-5-4-16-13-31(24(35)36)8-6-15(16)11-17/h4-5,9-12,18H,2-3,6-8,13-14H2,1H3,(H2,25,33)(H,27,28)(H,35,36)/t18-/m1/s1. The lowest BCUT2D eigenvalue weighted by atomic mass is 9.99. The molecule has 0 spiro atoms. The molecule has 2 aliphatic rings. The van der Waals surface area contributed by atoms with Crippen molar-refractivity contribution in [3.63, 3.8) is 0 Å². The summed E-state index contributed by atoms with van der Waals surface area (Å²) in [5.74, 6) is 0.145. The molecule has 0 saturated carbocycles. The second kappa shape index (κ2) is 9.36. The van der Waals surface area contributed by atoms with Gasteiger partial charge >= 0.3 is 11.8 Å². The summed E-state index contributed by atoms with van der Waals surface area (Å²) in [4.78, 5) is 48.2. The molecule has 4 heterocycles. The largest absolute Gasteiger partial charge is 0.465 e. The van der Waals surface area contributed by atoms with Gasteiger partial charge in [-0.25, -0.2) is 19.6 Å². The maximum atomic E-state index is 12.4. The van der Waals surface area contributed by atoms with Crippen LogP contribution in [0.1, 0.15) is 40.5 Å². The molecular weight excluding hydrogens is 464 g/mol. The van der Waals surface area contributed by atoms with E-state index in [1.807, 2.05) is 18.2 Å². The molecule has 3 aromatic rings. The molecule has 1 aromatic carbocycles. The first kappa shape index (κ1) is 23.4. The molecule has 1 atom stereocenters. The Bertz CT molecular complexity index is 1380. The van der Waals surface area contributed by atoms with Crippen LogP contribution in [-0.4, -0.2) is 60.7 Å². The highest BCUT2D eigenvalue weighted by Gasteiger charge is 2.26. The Morgan fingerprint density at radius 3 is 2.75 bits per heavy atom. The highest BCUT2D eigenvalue weighted by atomic mass is 16.4. The molecule has 0 bridgehead atoms. The van der Waals surface area contributed by atoms with Gasteiger partial charge in [0.15, 0.2) is 11.5 Å². The number of benzene rings is 1. The van der Waals surface area contributed by atoms with E-state index in [1.165, 1.54) is 11.1 Å². The first-order valence-corrected chi connectivity index (χ1v) is 11.8. The zero-order valence-electron chi connectivity index (χ0n) is 19.9. The molecule has 5 rings (SSSR count). The van der Waals surface area contributed by atoms with Gasteiger partial charge in [-0.1, -0.05) is 6.07 Å². The molecule has 1 saturated heterocycles. The molecule has 36 heavy (non-hydrogen) atoms. The average Bonchev–Trinajstić information content (AvgIpc) is 3.21. The van der Waals surface area contributed by atoms with Gasteiger partial charge in [0.05, 0.1) is 12.2 Å². The minimum absolute atomic E-state index is 0.00694. The molecule has 0 unspecified atom stereocenters. The fourth-order valence-electron chi connectivity index (χ4n) is 4.88. The monoisotopic (exact) mass is 492 g/mol. The summed E-state index contributed by atoms with van der Waals surface area (Å²) >= 11 is 0. The van der Waals surface area contributed by atoms with Gasteiger partial charge in [0.25, 0.3) is 5.91 Å². The van der Waals surface area contributed by atoms with Gasteiger partial charge in [-0.3, -0.25) is 9.36 Å². The lowest BCUT2D eigenvalue weighted by molar-refractivity contribution is 0.0996. The number of hydrogen-bond donors (Lipinski definition) is 3. The van der Waals surface area contributed by atoms with E-state index in [1.54, 1.807) is 28.6 Å². The van der Waals surface area contributed by atoms with Gasteiger partial charge in [-0.15, -0.1) is 0 Å². The summed E-state index contributed by atoms with van der Waals surface area (Å²) in [5.41, 5.74) is 8.23. The van der Waals surface area contributed by atoms with E-state index in [9.17, 15) is 19.5 Å². The lowest BCUT2D eigenvalue weighted by Crippen LogP contribution is -2.40. The number of nitrogens with zero attached hydrogens (tertiary/aromatic N) is 6. The summed E-state index contributed by atoms with van der Waals surface area (Å²) in [6.07, 6.45) is 6.52. The van der Waals surface area contributed by atoms with Crippen molar-refractivity contribution < 1.29 is 14.7 Å². The van der Waals surface area contributed by atoms with Crippen molar-refractivity contribution in [3.8, 4) is 0 Å². The van der Waals surface area contributed by atoms with E-state index in [4.69, 9.17) is 5.73 Å². The van der Waals surface area contributed by atoms with Crippen LogP contribution in [0.15, 0.2) is 41.6 Å². The van der Waals surface area contributed by atoms with Crippen molar-refractivity contribution in [2.24, 2.45) is 12.8 Å². The minimum Gasteiger partial charge on any atom is -0.465 e. The van der Waals surface area contributed by atoms with E-state index >= 15 is 0 Å². The topological polar surface area (TPSA) is 152 Å². The van der Waals surface area contributed by atoms with Gasteiger partial charge in [0.2, 0.25) is 0 Å². The van der Waals surface area contributed by atoms with E-state index in [0.29, 0.717) is 37.6 Å². The fraction of sp³-hybridized carbons (Fsp3) is 0.375. The number of amides is 2. The van der Waals surface area contributed by atoms with Crippen LogP contribution in [0.25, 0.3) is 0 Å². The van der Waals surface area contributed by atoms with Crippen LogP contribution >= 0.6 is 0 Å². The second-order valence-electron chi connectivity index (χ2n) is 9.19. The van der Waals surface area contributed by atoms with Gasteiger partial charge < -0.3 is 30.5 Å². The van der Waals surface area contributed by atoms with Crippen LogP contribution in [0.5, 0.6) is 0 Å². The number of nitrogens with two attached hydrogens (primary N) is 1. The molecule has 2 amide bonds. The first-order chi connectivity index (χ1) is 17.3. The molecule has 0 aliphatic carbocycles. The van der Waals surface area contributed by atoms with Crippen LogP contribution in [0.4, 0.5) is 22.1 Å². The van der Waals surface area contributed by atoms with E-state index in [-0.39, 0.29) is 23.2 Å². The number of aromatic nitrogens is 4. The van der Waals surface area contributed by atoms with Crippen LogP contribution in [0.3, 0.4) is 0 Å². The maximum absolute atomic E-state index is 12.4. The molecule has 12 nitrogen and oxygen atoms in total. The molecule has 2 aliphatic heterocycles. The minimum atomic E-state index is -0.932. The molecular formula is C24H28N8O4. The van der Waals surface area contributed by atoms with Crippen molar-refractivity contribution in [1.29, 1.82) is 0 Å². The quantitative estimate of drug-likeness (QED) is 0.487. The smallest absolute Gasteiger partial charge is 0.407 e. The number of imidazole rings is 1. The van der Waals surface area contributed by atoms with E-state index < -0.39 is 12.0 Å². The molecule has 1 fully saturated rings. The molecule has 2 aromatic heterocycles. The van der Waals surface area contributed by atoms with E-state index in [2.05, 4.69) is 20.2 Å². The molecule has 0 radical (unpaired) electrons. The Balaban J connectivity index is 1.39. The molecule has 4 N–H and O–H groups in total. The Kier molecular flexibility index (Phi) is 6.08. The first-order valence-electron chi connectivity index (χ1n) is 11.8. The highest BCUT2D eigenvalue weighted by molar-refractivity contribution is 5.96. The number of piperidine rings is 1. The molecule has 188 valence electrons. The van der Waals surface area contributed by atoms with Gasteiger partial charge in [-0.05, 0) is 42.5 Å². The summed E-state index contributed by atoms with van der Waals surface area (Å²) in [6.45, 7) is 2.11. The van der Waals surface area contributed by atoms with E-state index in [0.717, 1.165) is 30.5 Å². The number of primary amides is 1. The Morgan fingerprint density at radius 1 is 1.19 bits per heavy atom. The van der Waals surface area contributed by atoms with Crippen molar-refractivity contribution in [3.05, 3.63) is 64.1 Å². The maximum Gasteiger partial charge on any atom is 0.407 e. The summed E-state index contributed by atoms with van der Waals surface area (Å²) in [7, 11) is 1.73. The number of anilines is 3. The highest BCUT2D eigenvalue weighted by Crippen LogP contribution is 2.28. The Labute approximate surface area is 207 Å². The van der Waals surface area contributed by atoms with Crippen molar-refractivity contribution in [2.75, 3.05) is 29.9 Å². The predicted octanol–water partition coefficient (Wildman–Crippen LogP) is 1.70. The number of aryl methyl sites for hydroxylation is 1. The van der Waals surface area contributed by atoms with Crippen molar-refractivity contribution in [1.82, 2.24) is 24.0 Å². The summed E-state index contributed by atoms with van der Waals surface area (Å²) in [5, 5.41) is 12.4. The SMILES string of the molecule is Cn1ccn([C@@H]2CCCN(c3cnc(C(N)=O)c(Nc4ccc5c(c4)CCN(C(=O)O)C5)n3)C2)c1=O. The number of carbonyl (C=O) groups excluding carboxylic acids is 1. The zero-order chi connectivity index (χ0) is 25.4. The fourth-order valence-corrected chi connectivity index (χ4v) is 4.88. The number of rotatable bonds is 5. The summed E-state index contributed by atoms with van der Waals surface area (Å²) < 4.78 is 3.30. The van der Waals surface area contributed by atoms with Crippen LogP contribution in [-0.2, 0) is 20.0 Å². The average molecular weight is 493 g/mol. The van der Waals surface area contributed by atoms with Gasteiger partial charge in [0, 0.05) is 51.3 Å². The van der Waals surface area contributed by atoms with Crippen molar-refractivity contribution >= 4 is 29.3 Å². The number of hydrogen-bond acceptors (Lipinski definition) is 7. The Morgan fingerprint density at radius 2 is 2.03 bits per heavy atom. The van der Waals surface area contributed by atoms with Crippen molar-refractivity contribution in [2.45, 2.75) is 31.8 Å². The third kappa shape index (κ3) is 4.49. The zero-order valence-corrected chi connectivity index (χ0v) is 19.9. The predicted molar refractivity (Wildman–Crippen MR) is 133 cm³/mol. The van der Waals surface area contributed by atoms with Crippen LogP contribution < -0.4 is 21.6 Å². The Hall–Kier alpha value is -4.35. The molecule has 12 heteroatoms.